The van der Waals surface area contributed by atoms with E-state index in [1.807, 2.05) is 12.2 Å². The Kier molecular flexibility index (Phi) is 5.38. The highest BCUT2D eigenvalue weighted by atomic mass is 79.9. The lowest BCUT2D eigenvalue weighted by molar-refractivity contribution is -0.386. The summed E-state index contributed by atoms with van der Waals surface area (Å²) in [4.78, 5) is 48.2. The predicted octanol–water partition coefficient (Wildman–Crippen LogP) is 2.44. The summed E-state index contributed by atoms with van der Waals surface area (Å²) in [7, 11) is 1.17. The Bertz CT molecular complexity index is 1020. The van der Waals surface area contributed by atoms with E-state index in [1.54, 1.807) is 0 Å². The second-order valence-electron chi connectivity index (χ2n) is 7.62. The molecule has 0 aromatic heterocycles. The standard InChI is InChI=1S/C20H18BrN3O7/c1-9(20(27)30-2)31-17-12(6-13(21)7-14(17)24(28)29)8-22-23-18(25)15-10-3-4-11(5-10)16(15)19(23)26/h3-4,6-11,15-16H,5H2,1-2H3/t9-,10-,11-,15-,16+/m0/s1. The molecule has 3 aliphatic rings. The number of benzene rings is 1. The van der Waals surface area contributed by atoms with Gasteiger partial charge in [0.25, 0.3) is 11.8 Å². The molecule has 0 N–H and O–H groups in total. The van der Waals surface area contributed by atoms with Crippen molar-refractivity contribution in [3.63, 3.8) is 0 Å². The molecule has 1 heterocycles. The summed E-state index contributed by atoms with van der Waals surface area (Å²) in [6.45, 7) is 1.38. The van der Waals surface area contributed by atoms with Crippen LogP contribution in [0, 0.1) is 33.8 Å². The number of halogens is 1. The van der Waals surface area contributed by atoms with Crippen molar-refractivity contribution in [2.75, 3.05) is 7.11 Å². The summed E-state index contributed by atoms with van der Waals surface area (Å²) in [6.07, 6.45) is 4.77. The second-order valence-corrected chi connectivity index (χ2v) is 8.53. The summed E-state index contributed by atoms with van der Waals surface area (Å²) in [5.41, 5.74) is -0.291. The first kappa shape index (κ1) is 21.2. The number of nitro groups is 1. The topological polar surface area (TPSA) is 128 Å². The van der Waals surface area contributed by atoms with E-state index in [9.17, 15) is 24.5 Å². The van der Waals surface area contributed by atoms with Crippen LogP contribution in [0.1, 0.15) is 18.9 Å². The molecule has 2 bridgehead atoms. The Labute approximate surface area is 185 Å². The third kappa shape index (κ3) is 3.52. The van der Waals surface area contributed by atoms with Crippen molar-refractivity contribution in [2.45, 2.75) is 19.4 Å². The molecule has 4 rings (SSSR count). The Balaban J connectivity index is 1.67. The van der Waals surface area contributed by atoms with Crippen molar-refractivity contribution in [1.82, 2.24) is 5.01 Å². The molecule has 0 radical (unpaired) electrons. The molecule has 2 amide bonds. The lowest BCUT2D eigenvalue weighted by Gasteiger charge is -2.15. The molecular formula is C20H18BrN3O7. The SMILES string of the molecule is COC(=O)[C@H](C)Oc1c(C=NN2C(=O)[C@@H]3[C@H](C2=O)[C@H]2C=C[C@H]3C2)cc(Br)cc1[N+](=O)[O-]. The maximum absolute atomic E-state index is 12.8. The monoisotopic (exact) mass is 491 g/mol. The number of fused-ring (bicyclic) bond motifs is 5. The minimum atomic E-state index is -1.13. The summed E-state index contributed by atoms with van der Waals surface area (Å²) in [6, 6.07) is 2.70. The highest BCUT2D eigenvalue weighted by Gasteiger charge is 2.59. The first-order valence-corrected chi connectivity index (χ1v) is 10.3. The van der Waals surface area contributed by atoms with Gasteiger partial charge in [0.1, 0.15) is 0 Å². The van der Waals surface area contributed by atoms with Crippen LogP contribution in [-0.4, -0.2) is 47.1 Å². The zero-order valence-electron chi connectivity index (χ0n) is 16.6. The molecule has 1 aliphatic heterocycles. The van der Waals surface area contributed by atoms with Gasteiger partial charge in [0.15, 0.2) is 6.10 Å². The van der Waals surface area contributed by atoms with E-state index in [4.69, 9.17) is 4.74 Å². The van der Waals surface area contributed by atoms with Gasteiger partial charge in [-0.05, 0) is 31.2 Å². The highest BCUT2D eigenvalue weighted by Crippen LogP contribution is 2.52. The van der Waals surface area contributed by atoms with Gasteiger partial charge in [0, 0.05) is 16.1 Å². The number of carbonyl (C=O) groups excluding carboxylic acids is 3. The molecule has 2 aliphatic carbocycles. The highest BCUT2D eigenvalue weighted by molar-refractivity contribution is 9.10. The van der Waals surface area contributed by atoms with Gasteiger partial charge in [0.05, 0.1) is 30.1 Å². The number of nitro benzene ring substituents is 1. The molecule has 5 atom stereocenters. The van der Waals surface area contributed by atoms with Crippen LogP contribution in [-0.2, 0) is 19.1 Å². The van der Waals surface area contributed by atoms with E-state index in [2.05, 4.69) is 25.8 Å². The van der Waals surface area contributed by atoms with Crippen molar-refractivity contribution in [3.8, 4) is 5.75 Å². The third-order valence-corrected chi connectivity index (χ3v) is 6.30. The number of rotatable bonds is 6. The number of hydrogen-bond acceptors (Lipinski definition) is 8. The van der Waals surface area contributed by atoms with Gasteiger partial charge in [-0.15, -0.1) is 0 Å². The molecule has 0 spiro atoms. The van der Waals surface area contributed by atoms with Gasteiger partial charge in [-0.25, -0.2) is 4.79 Å². The Morgan fingerprint density at radius 3 is 2.45 bits per heavy atom. The number of hydrogen-bond donors (Lipinski definition) is 0. The zero-order chi connectivity index (χ0) is 22.4. The van der Waals surface area contributed by atoms with Gasteiger partial charge in [-0.2, -0.15) is 10.1 Å². The first-order chi connectivity index (χ1) is 14.7. The van der Waals surface area contributed by atoms with E-state index in [0.717, 1.165) is 17.6 Å². The summed E-state index contributed by atoms with van der Waals surface area (Å²) < 4.78 is 10.5. The van der Waals surface area contributed by atoms with Crippen LogP contribution in [0.15, 0.2) is 33.9 Å². The van der Waals surface area contributed by atoms with Crippen molar-refractivity contribution in [3.05, 3.63) is 44.4 Å². The van der Waals surface area contributed by atoms with Crippen LogP contribution in [0.2, 0.25) is 0 Å². The molecular weight excluding hydrogens is 474 g/mol. The third-order valence-electron chi connectivity index (χ3n) is 5.85. The quantitative estimate of drug-likeness (QED) is 0.149. The van der Waals surface area contributed by atoms with Crippen LogP contribution in [0.5, 0.6) is 5.75 Å². The number of methoxy groups -OCH3 is 1. The van der Waals surface area contributed by atoms with Crippen molar-refractivity contribution < 1.29 is 28.8 Å². The number of amides is 2. The van der Waals surface area contributed by atoms with Crippen molar-refractivity contribution >= 4 is 45.6 Å². The second kappa shape index (κ2) is 7.88. The van der Waals surface area contributed by atoms with Gasteiger partial charge < -0.3 is 9.47 Å². The average molecular weight is 492 g/mol. The largest absolute Gasteiger partial charge is 0.471 e. The maximum Gasteiger partial charge on any atom is 0.346 e. The van der Waals surface area contributed by atoms with Gasteiger partial charge in [-0.1, -0.05) is 28.1 Å². The lowest BCUT2D eigenvalue weighted by Crippen LogP contribution is -2.28. The van der Waals surface area contributed by atoms with Gasteiger partial charge >= 0.3 is 11.7 Å². The predicted molar refractivity (Wildman–Crippen MR) is 110 cm³/mol. The Morgan fingerprint density at radius 2 is 1.90 bits per heavy atom. The van der Waals surface area contributed by atoms with Gasteiger partial charge in [-0.3, -0.25) is 19.7 Å². The van der Waals surface area contributed by atoms with Crippen LogP contribution in [0.4, 0.5) is 5.69 Å². The van der Waals surface area contributed by atoms with Gasteiger partial charge in [0.2, 0.25) is 5.75 Å². The van der Waals surface area contributed by atoms with E-state index in [0.29, 0.717) is 4.47 Å². The minimum Gasteiger partial charge on any atom is -0.471 e. The minimum absolute atomic E-state index is 0.0402. The van der Waals surface area contributed by atoms with Crippen molar-refractivity contribution in [2.24, 2.45) is 28.8 Å². The average Bonchev–Trinajstić information content (AvgIpc) is 3.41. The number of allylic oxidation sites excluding steroid dienone is 2. The molecule has 2 fully saturated rings. The smallest absolute Gasteiger partial charge is 0.346 e. The lowest BCUT2D eigenvalue weighted by atomic mass is 9.85. The van der Waals surface area contributed by atoms with E-state index in [-0.39, 0.29) is 35.0 Å². The molecule has 31 heavy (non-hydrogen) atoms. The summed E-state index contributed by atoms with van der Waals surface area (Å²) >= 11 is 3.20. The molecule has 1 aromatic rings. The molecule has 162 valence electrons. The zero-order valence-corrected chi connectivity index (χ0v) is 18.1. The van der Waals surface area contributed by atoms with E-state index in [1.165, 1.54) is 26.2 Å². The molecule has 1 saturated heterocycles. The van der Waals surface area contributed by atoms with Crippen molar-refractivity contribution in [1.29, 1.82) is 0 Å². The number of ether oxygens (including phenoxy) is 2. The van der Waals surface area contributed by atoms with Crippen LogP contribution < -0.4 is 4.74 Å². The summed E-state index contributed by atoms with van der Waals surface area (Å²) in [5, 5.41) is 16.4. The number of esters is 1. The fourth-order valence-corrected chi connectivity index (χ4v) is 4.93. The molecule has 1 saturated carbocycles. The molecule has 0 unspecified atom stereocenters. The van der Waals surface area contributed by atoms with Crippen LogP contribution >= 0.6 is 15.9 Å². The molecule has 10 nitrogen and oxygen atoms in total. The van der Waals surface area contributed by atoms with Crippen LogP contribution in [0.3, 0.4) is 0 Å². The number of imide groups is 1. The molecule has 11 heteroatoms. The maximum atomic E-state index is 12.8. The normalized spacial score (nSPS) is 27.1. The fourth-order valence-electron chi connectivity index (χ4n) is 4.47. The fraction of sp³-hybridized carbons (Fsp3) is 0.400. The van der Waals surface area contributed by atoms with Crippen LogP contribution in [0.25, 0.3) is 0 Å². The summed E-state index contributed by atoms with van der Waals surface area (Å²) in [5.74, 6) is -2.44. The first-order valence-electron chi connectivity index (χ1n) is 9.55. The number of carbonyl (C=O) groups is 3. The van der Waals surface area contributed by atoms with E-state index < -0.39 is 34.5 Å². The van der Waals surface area contributed by atoms with E-state index >= 15 is 0 Å². The number of nitrogens with zero attached hydrogens (tertiary/aromatic N) is 3. The number of hydrazone groups is 1. The Morgan fingerprint density at radius 1 is 1.29 bits per heavy atom. The molecule has 1 aromatic carbocycles. The Hall–Kier alpha value is -3.08.